The normalized spacial score (nSPS) is 14.7. The van der Waals surface area contributed by atoms with Crippen LogP contribution in [0.3, 0.4) is 0 Å². The highest BCUT2D eigenvalue weighted by Crippen LogP contribution is 2.33. The zero-order valence-electron chi connectivity index (χ0n) is 13.3. The van der Waals surface area contributed by atoms with Gasteiger partial charge in [0.2, 0.25) is 0 Å². The first-order valence-electron chi connectivity index (χ1n) is 8.21. The van der Waals surface area contributed by atoms with Gasteiger partial charge in [0, 0.05) is 42.9 Å². The lowest BCUT2D eigenvalue weighted by molar-refractivity contribution is -0.137. The molecule has 2 aromatic carbocycles. The highest BCUT2D eigenvalue weighted by atomic mass is 16.4. The zero-order chi connectivity index (χ0) is 16.5. The predicted molar refractivity (Wildman–Crippen MR) is 92.8 cm³/mol. The largest absolute Gasteiger partial charge is 0.481 e. The van der Waals surface area contributed by atoms with Crippen molar-refractivity contribution in [1.82, 2.24) is 15.1 Å². The quantitative estimate of drug-likeness (QED) is 0.775. The summed E-state index contributed by atoms with van der Waals surface area (Å²) >= 11 is 0. The smallest absolute Gasteiger partial charge is 0.304 e. The monoisotopic (exact) mass is 321 g/mol. The molecule has 4 rings (SSSR count). The lowest BCUT2D eigenvalue weighted by Gasteiger charge is -2.26. The highest BCUT2D eigenvalue weighted by molar-refractivity contribution is 5.96. The van der Waals surface area contributed by atoms with Crippen molar-refractivity contribution < 1.29 is 9.90 Å². The van der Waals surface area contributed by atoms with Gasteiger partial charge in [0.25, 0.3) is 0 Å². The molecule has 3 aromatic rings. The van der Waals surface area contributed by atoms with Crippen LogP contribution in [-0.2, 0) is 17.8 Å². The summed E-state index contributed by atoms with van der Waals surface area (Å²) in [6.07, 6.45) is 1.06. The molecule has 0 fully saturated rings. The zero-order valence-corrected chi connectivity index (χ0v) is 13.3. The van der Waals surface area contributed by atoms with Crippen molar-refractivity contribution in [3.8, 4) is 11.3 Å². The number of carbonyl (C=O) groups is 1. The third-order valence-corrected chi connectivity index (χ3v) is 4.70. The first-order valence-corrected chi connectivity index (χ1v) is 8.21. The number of aromatic amines is 1. The molecule has 0 aliphatic carbocycles. The maximum absolute atomic E-state index is 10.8. The topological polar surface area (TPSA) is 69.2 Å². The number of aliphatic carboxylic acids is 1. The SMILES string of the molecule is O=C(O)CCN1CCc2[nH]nc(-c3cccc4ccccc34)c2C1. The van der Waals surface area contributed by atoms with Gasteiger partial charge >= 0.3 is 5.97 Å². The summed E-state index contributed by atoms with van der Waals surface area (Å²) in [4.78, 5) is 13.0. The molecule has 1 aliphatic heterocycles. The molecule has 5 heteroatoms. The van der Waals surface area contributed by atoms with Crippen LogP contribution in [0.15, 0.2) is 42.5 Å². The molecule has 122 valence electrons. The second kappa shape index (κ2) is 6.09. The summed E-state index contributed by atoms with van der Waals surface area (Å²) < 4.78 is 0. The van der Waals surface area contributed by atoms with E-state index in [9.17, 15) is 4.79 Å². The maximum atomic E-state index is 10.8. The third-order valence-electron chi connectivity index (χ3n) is 4.70. The third kappa shape index (κ3) is 2.67. The number of fused-ring (bicyclic) bond motifs is 2. The molecule has 0 saturated carbocycles. The Morgan fingerprint density at radius 1 is 1.21 bits per heavy atom. The average molecular weight is 321 g/mol. The molecule has 2 N–H and O–H groups in total. The van der Waals surface area contributed by atoms with E-state index in [2.05, 4.69) is 45.4 Å². The number of hydrogen-bond donors (Lipinski definition) is 2. The number of nitrogens with zero attached hydrogens (tertiary/aromatic N) is 2. The Labute approximate surface area is 139 Å². The molecule has 0 spiro atoms. The van der Waals surface area contributed by atoms with E-state index >= 15 is 0 Å². The Balaban J connectivity index is 1.71. The number of aromatic nitrogens is 2. The lowest BCUT2D eigenvalue weighted by Crippen LogP contribution is -2.32. The number of benzene rings is 2. The molecule has 1 aromatic heterocycles. The summed E-state index contributed by atoms with van der Waals surface area (Å²) in [6.45, 7) is 2.20. The second-order valence-electron chi connectivity index (χ2n) is 6.23. The Bertz CT molecular complexity index is 895. The van der Waals surface area contributed by atoms with Crippen molar-refractivity contribution in [3.63, 3.8) is 0 Å². The molecule has 0 saturated heterocycles. The number of nitrogens with one attached hydrogen (secondary N) is 1. The van der Waals surface area contributed by atoms with Crippen LogP contribution in [0.4, 0.5) is 0 Å². The van der Waals surface area contributed by atoms with Gasteiger partial charge in [-0.15, -0.1) is 0 Å². The van der Waals surface area contributed by atoms with Gasteiger partial charge in [0.15, 0.2) is 0 Å². The number of H-pyrrole nitrogens is 1. The van der Waals surface area contributed by atoms with Gasteiger partial charge < -0.3 is 5.11 Å². The summed E-state index contributed by atoms with van der Waals surface area (Å²) in [5.41, 5.74) is 4.49. The van der Waals surface area contributed by atoms with Gasteiger partial charge in [0.05, 0.1) is 12.1 Å². The molecular formula is C19H19N3O2. The Hall–Kier alpha value is -2.66. The average Bonchev–Trinajstić information content (AvgIpc) is 3.02. The van der Waals surface area contributed by atoms with Crippen LogP contribution in [0.25, 0.3) is 22.0 Å². The fourth-order valence-corrected chi connectivity index (χ4v) is 3.45. The molecule has 0 radical (unpaired) electrons. The molecule has 24 heavy (non-hydrogen) atoms. The highest BCUT2D eigenvalue weighted by Gasteiger charge is 2.23. The predicted octanol–water partition coefficient (Wildman–Crippen LogP) is 3.06. The summed E-state index contributed by atoms with van der Waals surface area (Å²) in [7, 11) is 0. The first kappa shape index (κ1) is 14.9. The first-order chi connectivity index (χ1) is 11.7. The number of carboxylic acids is 1. The van der Waals surface area contributed by atoms with E-state index in [-0.39, 0.29) is 6.42 Å². The molecule has 2 heterocycles. The molecule has 0 atom stereocenters. The van der Waals surface area contributed by atoms with E-state index in [0.29, 0.717) is 6.54 Å². The summed E-state index contributed by atoms with van der Waals surface area (Å²) in [5, 5.41) is 19.1. The van der Waals surface area contributed by atoms with Crippen molar-refractivity contribution in [3.05, 3.63) is 53.7 Å². The molecule has 0 bridgehead atoms. The number of rotatable bonds is 4. The van der Waals surface area contributed by atoms with Crippen LogP contribution < -0.4 is 0 Å². The van der Waals surface area contributed by atoms with Crippen LogP contribution in [0.2, 0.25) is 0 Å². The summed E-state index contributed by atoms with van der Waals surface area (Å²) in [6, 6.07) is 14.6. The minimum absolute atomic E-state index is 0.177. The van der Waals surface area contributed by atoms with Gasteiger partial charge in [-0.05, 0) is 10.8 Å². The van der Waals surface area contributed by atoms with Gasteiger partial charge in [-0.3, -0.25) is 14.8 Å². The van der Waals surface area contributed by atoms with Crippen LogP contribution in [0.5, 0.6) is 0 Å². The van der Waals surface area contributed by atoms with Crippen LogP contribution in [0, 0.1) is 0 Å². The summed E-state index contributed by atoms with van der Waals surface area (Å²) in [5.74, 6) is -0.748. The number of carboxylic acid groups (broad SMARTS) is 1. The fraction of sp³-hybridized carbons (Fsp3) is 0.263. The molecule has 5 nitrogen and oxygen atoms in total. The second-order valence-corrected chi connectivity index (χ2v) is 6.23. The van der Waals surface area contributed by atoms with Crippen molar-refractivity contribution >= 4 is 16.7 Å². The Morgan fingerprint density at radius 3 is 2.92 bits per heavy atom. The van der Waals surface area contributed by atoms with Crippen LogP contribution in [0.1, 0.15) is 17.7 Å². The molecular weight excluding hydrogens is 302 g/mol. The maximum Gasteiger partial charge on any atom is 0.304 e. The minimum atomic E-state index is -0.748. The van der Waals surface area contributed by atoms with E-state index in [0.717, 1.165) is 30.8 Å². The fourth-order valence-electron chi connectivity index (χ4n) is 3.45. The van der Waals surface area contributed by atoms with Crippen molar-refractivity contribution in [2.45, 2.75) is 19.4 Å². The Morgan fingerprint density at radius 2 is 2.04 bits per heavy atom. The van der Waals surface area contributed by atoms with Crippen molar-refractivity contribution in [2.24, 2.45) is 0 Å². The van der Waals surface area contributed by atoms with E-state index in [1.165, 1.54) is 22.0 Å². The van der Waals surface area contributed by atoms with Crippen molar-refractivity contribution in [2.75, 3.05) is 13.1 Å². The van der Waals surface area contributed by atoms with Gasteiger partial charge in [-0.2, -0.15) is 5.10 Å². The minimum Gasteiger partial charge on any atom is -0.481 e. The van der Waals surface area contributed by atoms with Gasteiger partial charge in [-0.1, -0.05) is 42.5 Å². The molecule has 0 amide bonds. The molecule has 0 unspecified atom stereocenters. The van der Waals surface area contributed by atoms with E-state index < -0.39 is 5.97 Å². The lowest BCUT2D eigenvalue weighted by atomic mass is 9.97. The molecule has 1 aliphatic rings. The number of hydrogen-bond acceptors (Lipinski definition) is 3. The van der Waals surface area contributed by atoms with Crippen molar-refractivity contribution in [1.29, 1.82) is 0 Å². The van der Waals surface area contributed by atoms with E-state index in [1.54, 1.807) is 0 Å². The van der Waals surface area contributed by atoms with Crippen LogP contribution >= 0.6 is 0 Å². The van der Waals surface area contributed by atoms with Gasteiger partial charge in [0.1, 0.15) is 0 Å². The van der Waals surface area contributed by atoms with E-state index in [4.69, 9.17) is 5.11 Å². The Kier molecular flexibility index (Phi) is 3.78. The van der Waals surface area contributed by atoms with Gasteiger partial charge in [-0.25, -0.2) is 0 Å². The van der Waals surface area contributed by atoms with Crippen LogP contribution in [-0.4, -0.2) is 39.3 Å². The standard InChI is InChI=1S/C19H19N3O2/c23-18(24)9-11-22-10-8-17-16(12-22)19(21-20-17)15-7-3-5-13-4-1-2-6-14(13)15/h1-7H,8-12H2,(H,20,21)(H,23,24). The van der Waals surface area contributed by atoms with E-state index in [1.807, 2.05) is 12.1 Å².